The summed E-state index contributed by atoms with van der Waals surface area (Å²) in [5, 5.41) is 14.0. The summed E-state index contributed by atoms with van der Waals surface area (Å²) in [7, 11) is 0. The zero-order valence-electron chi connectivity index (χ0n) is 10.3. The monoisotopic (exact) mass is 258 g/mol. The largest absolute Gasteiger partial charge is 0.469 e. The van der Waals surface area contributed by atoms with Crippen LogP contribution in [0.5, 0.6) is 0 Å². The molecule has 0 radical (unpaired) electrons. The summed E-state index contributed by atoms with van der Waals surface area (Å²) in [5.41, 5.74) is 2.20. The molecule has 1 aromatic heterocycles. The molecule has 5 nitrogen and oxygen atoms in total. The van der Waals surface area contributed by atoms with Crippen molar-refractivity contribution in [1.29, 1.82) is 0 Å². The molecule has 1 N–H and O–H groups in total. The third-order valence-electron chi connectivity index (χ3n) is 3.47. The standard InChI is InChI=1S/C14H14N2O3/c17-16(18)11-6-4-10(5-7-11)15-13-2-1-3-14-12(13)8-9-19-14/h4-9,13,15H,1-3H2. The topological polar surface area (TPSA) is 68.3 Å². The highest BCUT2D eigenvalue weighted by Crippen LogP contribution is 2.33. The molecule has 1 aliphatic carbocycles. The molecular weight excluding hydrogens is 244 g/mol. The lowest BCUT2D eigenvalue weighted by Gasteiger charge is -2.23. The average Bonchev–Trinajstić information content (AvgIpc) is 2.89. The molecule has 0 saturated carbocycles. The highest BCUT2D eigenvalue weighted by molar-refractivity contribution is 5.50. The van der Waals surface area contributed by atoms with Crippen molar-refractivity contribution in [2.45, 2.75) is 25.3 Å². The van der Waals surface area contributed by atoms with Crippen molar-refractivity contribution in [1.82, 2.24) is 0 Å². The molecule has 1 aliphatic rings. The summed E-state index contributed by atoms with van der Waals surface area (Å²) < 4.78 is 5.45. The first kappa shape index (κ1) is 11.8. The van der Waals surface area contributed by atoms with Crippen molar-refractivity contribution in [3.05, 3.63) is 58.0 Å². The van der Waals surface area contributed by atoms with Crippen molar-refractivity contribution >= 4 is 11.4 Å². The van der Waals surface area contributed by atoms with Gasteiger partial charge in [-0.1, -0.05) is 0 Å². The van der Waals surface area contributed by atoms with Crippen molar-refractivity contribution in [2.24, 2.45) is 0 Å². The van der Waals surface area contributed by atoms with Gasteiger partial charge in [0.15, 0.2) is 0 Å². The Morgan fingerprint density at radius 3 is 2.79 bits per heavy atom. The van der Waals surface area contributed by atoms with Crippen LogP contribution in [0.3, 0.4) is 0 Å². The molecule has 1 aromatic carbocycles. The third-order valence-corrected chi connectivity index (χ3v) is 3.47. The summed E-state index contributed by atoms with van der Waals surface area (Å²) in [6.45, 7) is 0. The molecule has 0 fully saturated rings. The van der Waals surface area contributed by atoms with E-state index in [1.807, 2.05) is 6.07 Å². The van der Waals surface area contributed by atoms with E-state index in [9.17, 15) is 10.1 Å². The third kappa shape index (κ3) is 2.31. The number of aryl methyl sites for hydroxylation is 1. The van der Waals surface area contributed by atoms with Crippen LogP contribution in [0, 0.1) is 10.1 Å². The Morgan fingerprint density at radius 1 is 1.26 bits per heavy atom. The molecule has 0 saturated heterocycles. The SMILES string of the molecule is O=[N+]([O-])c1ccc(NC2CCCc3occc32)cc1. The van der Waals surface area contributed by atoms with E-state index in [0.29, 0.717) is 0 Å². The maximum absolute atomic E-state index is 10.6. The number of nitrogens with zero attached hydrogens (tertiary/aromatic N) is 1. The van der Waals surface area contributed by atoms with E-state index in [0.717, 1.165) is 30.7 Å². The lowest BCUT2D eigenvalue weighted by Crippen LogP contribution is -2.15. The maximum Gasteiger partial charge on any atom is 0.269 e. The number of nitrogens with one attached hydrogen (secondary N) is 1. The Kier molecular flexibility index (Phi) is 2.95. The van der Waals surface area contributed by atoms with Gasteiger partial charge in [-0.3, -0.25) is 10.1 Å². The van der Waals surface area contributed by atoms with Gasteiger partial charge in [-0.05, 0) is 31.0 Å². The minimum Gasteiger partial charge on any atom is -0.469 e. The minimum absolute atomic E-state index is 0.109. The van der Waals surface area contributed by atoms with Crippen LogP contribution in [0.2, 0.25) is 0 Å². The Labute approximate surface area is 110 Å². The Balaban J connectivity index is 1.78. The van der Waals surface area contributed by atoms with Crippen molar-refractivity contribution in [2.75, 3.05) is 5.32 Å². The molecule has 0 spiro atoms. The molecule has 3 rings (SSSR count). The van der Waals surface area contributed by atoms with Gasteiger partial charge in [0.25, 0.3) is 5.69 Å². The summed E-state index contributed by atoms with van der Waals surface area (Å²) >= 11 is 0. The van der Waals surface area contributed by atoms with E-state index in [1.165, 1.54) is 17.7 Å². The lowest BCUT2D eigenvalue weighted by atomic mass is 9.93. The fourth-order valence-electron chi connectivity index (χ4n) is 2.52. The van der Waals surface area contributed by atoms with Crippen LogP contribution < -0.4 is 5.32 Å². The number of hydrogen-bond acceptors (Lipinski definition) is 4. The van der Waals surface area contributed by atoms with Gasteiger partial charge in [-0.15, -0.1) is 0 Å². The van der Waals surface area contributed by atoms with Crippen molar-refractivity contribution in [3.63, 3.8) is 0 Å². The molecule has 1 atom stereocenters. The second-order valence-electron chi connectivity index (χ2n) is 4.69. The zero-order valence-corrected chi connectivity index (χ0v) is 10.3. The van der Waals surface area contributed by atoms with Gasteiger partial charge in [0.05, 0.1) is 17.2 Å². The van der Waals surface area contributed by atoms with Crippen LogP contribution in [0.4, 0.5) is 11.4 Å². The predicted octanol–water partition coefficient (Wildman–Crippen LogP) is 3.68. The lowest BCUT2D eigenvalue weighted by molar-refractivity contribution is -0.384. The van der Waals surface area contributed by atoms with Gasteiger partial charge in [0, 0.05) is 29.8 Å². The normalized spacial score (nSPS) is 17.8. The second-order valence-corrected chi connectivity index (χ2v) is 4.69. The number of hydrogen-bond donors (Lipinski definition) is 1. The number of furan rings is 1. The molecule has 0 aliphatic heterocycles. The Morgan fingerprint density at radius 2 is 2.05 bits per heavy atom. The molecule has 0 bridgehead atoms. The first-order chi connectivity index (χ1) is 9.24. The molecule has 19 heavy (non-hydrogen) atoms. The first-order valence-electron chi connectivity index (χ1n) is 6.31. The first-order valence-corrected chi connectivity index (χ1v) is 6.31. The zero-order chi connectivity index (χ0) is 13.2. The van der Waals surface area contributed by atoms with Gasteiger partial charge < -0.3 is 9.73 Å². The second kappa shape index (κ2) is 4.76. The molecule has 1 unspecified atom stereocenters. The maximum atomic E-state index is 10.6. The minimum atomic E-state index is -0.390. The van der Waals surface area contributed by atoms with Crippen LogP contribution in [-0.2, 0) is 6.42 Å². The van der Waals surface area contributed by atoms with E-state index >= 15 is 0 Å². The van der Waals surface area contributed by atoms with Crippen LogP contribution in [0.1, 0.15) is 30.2 Å². The highest BCUT2D eigenvalue weighted by atomic mass is 16.6. The number of non-ortho nitro benzene ring substituents is 1. The molecule has 2 aromatic rings. The highest BCUT2D eigenvalue weighted by Gasteiger charge is 2.22. The number of nitro groups is 1. The number of benzene rings is 1. The fraction of sp³-hybridized carbons (Fsp3) is 0.286. The van der Waals surface area contributed by atoms with Crippen LogP contribution in [0.15, 0.2) is 41.0 Å². The predicted molar refractivity (Wildman–Crippen MR) is 71.1 cm³/mol. The summed E-state index contributed by atoms with van der Waals surface area (Å²) in [6, 6.07) is 8.74. The molecule has 0 amide bonds. The van der Waals surface area contributed by atoms with Crippen LogP contribution in [-0.4, -0.2) is 4.92 Å². The van der Waals surface area contributed by atoms with Gasteiger partial charge in [0.2, 0.25) is 0 Å². The van der Waals surface area contributed by atoms with Gasteiger partial charge in [-0.25, -0.2) is 0 Å². The van der Waals surface area contributed by atoms with E-state index in [-0.39, 0.29) is 11.7 Å². The molecule has 1 heterocycles. The Bertz CT molecular complexity index is 589. The molecular formula is C14H14N2O3. The smallest absolute Gasteiger partial charge is 0.269 e. The van der Waals surface area contributed by atoms with Gasteiger partial charge in [-0.2, -0.15) is 0 Å². The van der Waals surface area contributed by atoms with Crippen LogP contribution in [0.25, 0.3) is 0 Å². The number of rotatable bonds is 3. The van der Waals surface area contributed by atoms with E-state index in [4.69, 9.17) is 4.42 Å². The van der Waals surface area contributed by atoms with Crippen LogP contribution >= 0.6 is 0 Å². The van der Waals surface area contributed by atoms with E-state index in [1.54, 1.807) is 18.4 Å². The summed E-state index contributed by atoms with van der Waals surface area (Å²) in [4.78, 5) is 10.2. The summed E-state index contributed by atoms with van der Waals surface area (Å²) in [5.74, 6) is 1.05. The molecule has 98 valence electrons. The van der Waals surface area contributed by atoms with Gasteiger partial charge >= 0.3 is 0 Å². The Hall–Kier alpha value is -2.30. The van der Waals surface area contributed by atoms with Crippen molar-refractivity contribution in [3.8, 4) is 0 Å². The quantitative estimate of drug-likeness (QED) is 0.673. The molecule has 5 heteroatoms. The fourth-order valence-corrected chi connectivity index (χ4v) is 2.52. The summed E-state index contributed by atoms with van der Waals surface area (Å²) in [6.07, 6.45) is 4.84. The number of anilines is 1. The number of fused-ring (bicyclic) bond motifs is 1. The average molecular weight is 258 g/mol. The number of nitro benzene ring substituents is 1. The van der Waals surface area contributed by atoms with Gasteiger partial charge in [0.1, 0.15) is 5.76 Å². The van der Waals surface area contributed by atoms with E-state index < -0.39 is 4.92 Å². The van der Waals surface area contributed by atoms with Crippen molar-refractivity contribution < 1.29 is 9.34 Å². The van der Waals surface area contributed by atoms with E-state index in [2.05, 4.69) is 5.32 Å².